The number of carbonyl (C=O) groups is 1. The first kappa shape index (κ1) is 25.2. The van der Waals surface area contributed by atoms with Crippen LogP contribution >= 0.6 is 0 Å². The summed E-state index contributed by atoms with van der Waals surface area (Å²) in [5, 5.41) is 7.66. The van der Waals surface area contributed by atoms with Crippen LogP contribution < -0.4 is 5.73 Å². The molecule has 178 valence electrons. The Bertz CT molecular complexity index is 1280. The molecule has 3 aromatic rings. The van der Waals surface area contributed by atoms with E-state index in [1.165, 1.54) is 6.26 Å². The van der Waals surface area contributed by atoms with Crippen LogP contribution in [0.2, 0.25) is 0 Å². The molecule has 0 aliphatic rings. The van der Waals surface area contributed by atoms with Crippen LogP contribution in [0.1, 0.15) is 37.0 Å². The van der Waals surface area contributed by atoms with Gasteiger partial charge in [-0.15, -0.1) is 0 Å². The molecule has 6 nitrogen and oxygen atoms in total. The van der Waals surface area contributed by atoms with Crippen molar-refractivity contribution < 1.29 is 13.2 Å². The molecule has 3 rings (SSSR count). The van der Waals surface area contributed by atoms with Crippen LogP contribution in [0.4, 0.5) is 0 Å². The van der Waals surface area contributed by atoms with Crippen molar-refractivity contribution in [1.82, 2.24) is 4.90 Å². The molecule has 7 heteroatoms. The van der Waals surface area contributed by atoms with Crippen LogP contribution in [0.25, 0.3) is 11.1 Å². The Labute approximate surface area is 201 Å². The molecule has 0 saturated carbocycles. The van der Waals surface area contributed by atoms with Gasteiger partial charge in [0.15, 0.2) is 9.84 Å². The number of amides is 1. The summed E-state index contributed by atoms with van der Waals surface area (Å²) in [5.41, 5.74) is 9.48. The first-order valence-electron chi connectivity index (χ1n) is 11.2. The van der Waals surface area contributed by atoms with Crippen LogP contribution in [0.3, 0.4) is 0 Å². The van der Waals surface area contributed by atoms with Gasteiger partial charge in [0.05, 0.1) is 11.3 Å². The monoisotopic (exact) mass is 477 g/mol. The minimum Gasteiger partial charge on any atom is -0.384 e. The molecule has 1 unspecified atom stereocenters. The second-order valence-electron chi connectivity index (χ2n) is 8.53. The predicted molar refractivity (Wildman–Crippen MR) is 136 cm³/mol. The maximum atomic E-state index is 13.3. The van der Waals surface area contributed by atoms with E-state index in [4.69, 9.17) is 11.1 Å². The Morgan fingerprint density at radius 1 is 1.00 bits per heavy atom. The summed E-state index contributed by atoms with van der Waals surface area (Å²) >= 11 is 0. The maximum absolute atomic E-state index is 13.3. The molecular weight excluding hydrogens is 446 g/mol. The highest BCUT2D eigenvalue weighted by Gasteiger charge is 2.20. The highest BCUT2D eigenvalue weighted by atomic mass is 32.2. The van der Waals surface area contributed by atoms with Crippen molar-refractivity contribution in [2.24, 2.45) is 5.73 Å². The van der Waals surface area contributed by atoms with E-state index in [-0.39, 0.29) is 29.1 Å². The van der Waals surface area contributed by atoms with Crippen molar-refractivity contribution in [3.8, 4) is 11.1 Å². The molecule has 0 aliphatic carbocycles. The van der Waals surface area contributed by atoms with Crippen molar-refractivity contribution in [1.29, 1.82) is 5.41 Å². The van der Waals surface area contributed by atoms with Crippen LogP contribution in [-0.4, -0.2) is 37.4 Å². The Balaban J connectivity index is 1.80. The largest absolute Gasteiger partial charge is 0.384 e. The molecule has 3 aromatic carbocycles. The van der Waals surface area contributed by atoms with Gasteiger partial charge in [0.1, 0.15) is 5.84 Å². The first-order chi connectivity index (χ1) is 16.1. The number of nitrogens with two attached hydrogens (primary N) is 1. The van der Waals surface area contributed by atoms with Gasteiger partial charge in [0.25, 0.3) is 0 Å². The zero-order valence-electron chi connectivity index (χ0n) is 19.8. The molecule has 0 aliphatic heterocycles. The topological polar surface area (TPSA) is 104 Å². The molecule has 0 aromatic heterocycles. The van der Waals surface area contributed by atoms with Gasteiger partial charge in [-0.2, -0.15) is 0 Å². The Morgan fingerprint density at radius 2 is 1.68 bits per heavy atom. The Hall–Kier alpha value is -3.45. The van der Waals surface area contributed by atoms with Crippen LogP contribution in [0.5, 0.6) is 0 Å². The van der Waals surface area contributed by atoms with Crippen LogP contribution in [-0.2, 0) is 27.6 Å². The fourth-order valence-corrected chi connectivity index (χ4v) is 4.76. The van der Waals surface area contributed by atoms with Crippen molar-refractivity contribution >= 4 is 21.6 Å². The Morgan fingerprint density at radius 3 is 2.29 bits per heavy atom. The lowest BCUT2D eigenvalue weighted by Crippen LogP contribution is -2.38. The summed E-state index contributed by atoms with van der Waals surface area (Å²) in [5.74, 6) is 0.00710. The van der Waals surface area contributed by atoms with E-state index < -0.39 is 9.84 Å². The number of hydrogen-bond acceptors (Lipinski definition) is 4. The summed E-state index contributed by atoms with van der Waals surface area (Å²) < 4.78 is 24.3. The van der Waals surface area contributed by atoms with Gasteiger partial charge < -0.3 is 10.6 Å². The number of nitrogen functional groups attached to an aromatic ring is 1. The van der Waals surface area contributed by atoms with Crippen molar-refractivity contribution in [3.05, 3.63) is 89.5 Å². The molecule has 0 spiro atoms. The van der Waals surface area contributed by atoms with E-state index in [1.54, 1.807) is 24.3 Å². The zero-order valence-corrected chi connectivity index (χ0v) is 20.6. The molecule has 3 N–H and O–H groups in total. The average molecular weight is 478 g/mol. The van der Waals surface area contributed by atoms with Crippen molar-refractivity contribution in [2.75, 3.05) is 6.26 Å². The van der Waals surface area contributed by atoms with E-state index in [0.717, 1.165) is 23.1 Å². The fourth-order valence-electron chi connectivity index (χ4n) is 3.85. The molecule has 1 amide bonds. The lowest BCUT2D eigenvalue weighted by atomic mass is 10.0. The van der Waals surface area contributed by atoms with Crippen LogP contribution in [0, 0.1) is 5.41 Å². The first-order valence-corrected chi connectivity index (χ1v) is 13.1. The lowest BCUT2D eigenvalue weighted by molar-refractivity contribution is -0.133. The van der Waals surface area contributed by atoms with E-state index in [0.29, 0.717) is 17.7 Å². The van der Waals surface area contributed by atoms with E-state index in [9.17, 15) is 13.2 Å². The second-order valence-corrected chi connectivity index (χ2v) is 10.5. The number of amidine groups is 1. The van der Waals surface area contributed by atoms with Crippen molar-refractivity contribution in [3.63, 3.8) is 0 Å². The number of nitrogens with one attached hydrogen (secondary N) is 1. The molecule has 0 radical (unpaired) electrons. The minimum atomic E-state index is -3.35. The van der Waals surface area contributed by atoms with Gasteiger partial charge in [-0.05, 0) is 42.2 Å². The van der Waals surface area contributed by atoms with Gasteiger partial charge in [-0.1, -0.05) is 67.6 Å². The molecule has 0 heterocycles. The lowest BCUT2D eigenvalue weighted by Gasteiger charge is -2.29. The maximum Gasteiger partial charge on any atom is 0.227 e. The molecule has 34 heavy (non-hydrogen) atoms. The average Bonchev–Trinajstić information content (AvgIpc) is 2.82. The minimum absolute atomic E-state index is 0.000743. The molecular formula is C27H31N3O3S. The smallest absolute Gasteiger partial charge is 0.227 e. The quantitative estimate of drug-likeness (QED) is 0.352. The van der Waals surface area contributed by atoms with Gasteiger partial charge in [0, 0.05) is 30.0 Å². The Kier molecular flexibility index (Phi) is 7.89. The third-order valence-electron chi connectivity index (χ3n) is 5.94. The summed E-state index contributed by atoms with van der Waals surface area (Å²) in [6.07, 6.45) is 2.26. The summed E-state index contributed by atoms with van der Waals surface area (Å²) in [4.78, 5) is 15.4. The fraction of sp³-hybridized carbons (Fsp3) is 0.259. The SMILES string of the molecule is CCC(C)N(Cc1cccc(C(=N)N)c1)C(=O)Cc1ccc(-c2ccccc2S(C)(=O)=O)cc1. The summed E-state index contributed by atoms with van der Waals surface area (Å²) in [6, 6.07) is 21.8. The molecule has 0 bridgehead atoms. The number of nitrogens with zero attached hydrogens (tertiary/aromatic N) is 1. The summed E-state index contributed by atoms with van der Waals surface area (Å²) in [7, 11) is -3.35. The van der Waals surface area contributed by atoms with Gasteiger partial charge >= 0.3 is 0 Å². The third-order valence-corrected chi connectivity index (χ3v) is 7.10. The normalized spacial score (nSPS) is 12.2. The van der Waals surface area contributed by atoms with E-state index >= 15 is 0 Å². The van der Waals surface area contributed by atoms with Crippen LogP contribution in [0.15, 0.2) is 77.7 Å². The van der Waals surface area contributed by atoms with E-state index in [1.807, 2.05) is 67.3 Å². The number of sulfone groups is 1. The molecule has 0 fully saturated rings. The number of benzene rings is 3. The van der Waals surface area contributed by atoms with Gasteiger partial charge in [0.2, 0.25) is 5.91 Å². The highest BCUT2D eigenvalue weighted by Crippen LogP contribution is 2.27. The summed E-state index contributed by atoms with van der Waals surface area (Å²) in [6.45, 7) is 4.51. The van der Waals surface area contributed by atoms with Crippen molar-refractivity contribution in [2.45, 2.75) is 44.2 Å². The third kappa shape index (κ3) is 6.11. The number of rotatable bonds is 9. The van der Waals surface area contributed by atoms with Gasteiger partial charge in [-0.3, -0.25) is 10.2 Å². The molecule has 1 atom stereocenters. The number of carbonyl (C=O) groups excluding carboxylic acids is 1. The van der Waals surface area contributed by atoms with Gasteiger partial charge in [-0.25, -0.2) is 8.42 Å². The molecule has 0 saturated heterocycles. The second kappa shape index (κ2) is 10.7. The van der Waals surface area contributed by atoms with E-state index in [2.05, 4.69) is 0 Å². The number of hydrogen-bond donors (Lipinski definition) is 2. The predicted octanol–water partition coefficient (Wildman–Crippen LogP) is 4.41. The standard InChI is InChI=1S/C27H31N3O3S/c1-4-19(2)30(18-21-8-7-9-23(16-21)27(28)29)26(31)17-20-12-14-22(15-13-20)24-10-5-6-11-25(24)34(3,32)33/h5-16,19H,4,17-18H2,1-3H3,(H3,28,29). The highest BCUT2D eigenvalue weighted by molar-refractivity contribution is 7.90. The zero-order chi connectivity index (χ0) is 24.9.